The van der Waals surface area contributed by atoms with Crippen molar-refractivity contribution in [3.05, 3.63) is 54.1 Å². The minimum atomic E-state index is -0.339. The number of ether oxygens (including phenoxy) is 2. The SMILES string of the molecule is COc1ccc(NC(=O)CCC(=O)NN=Cc2cccc(OC)c2)cc1. The van der Waals surface area contributed by atoms with Gasteiger partial charge in [0, 0.05) is 18.5 Å². The molecule has 0 radical (unpaired) electrons. The molecule has 2 rings (SSSR count). The fraction of sp³-hybridized carbons (Fsp3) is 0.211. The van der Waals surface area contributed by atoms with Gasteiger partial charge in [-0.05, 0) is 42.0 Å². The van der Waals surface area contributed by atoms with Gasteiger partial charge in [-0.3, -0.25) is 9.59 Å². The van der Waals surface area contributed by atoms with E-state index in [0.717, 1.165) is 5.56 Å². The quantitative estimate of drug-likeness (QED) is 0.563. The van der Waals surface area contributed by atoms with Crippen molar-refractivity contribution in [2.45, 2.75) is 12.8 Å². The van der Waals surface area contributed by atoms with Crippen molar-refractivity contribution in [1.82, 2.24) is 5.43 Å². The molecule has 0 heterocycles. The number of rotatable bonds is 8. The Bertz CT molecular complexity index is 773. The average Bonchev–Trinajstić information content (AvgIpc) is 2.67. The van der Waals surface area contributed by atoms with Crippen LogP contribution in [0, 0.1) is 0 Å². The summed E-state index contributed by atoms with van der Waals surface area (Å²) < 4.78 is 10.2. The topological polar surface area (TPSA) is 89.0 Å². The van der Waals surface area contributed by atoms with E-state index in [-0.39, 0.29) is 24.7 Å². The fourth-order valence-electron chi connectivity index (χ4n) is 2.08. The Morgan fingerprint density at radius 1 is 0.962 bits per heavy atom. The molecule has 2 aromatic carbocycles. The summed E-state index contributed by atoms with van der Waals surface area (Å²) in [4.78, 5) is 23.6. The van der Waals surface area contributed by atoms with Gasteiger partial charge in [-0.2, -0.15) is 5.10 Å². The Morgan fingerprint density at radius 2 is 1.65 bits per heavy atom. The Morgan fingerprint density at radius 3 is 2.35 bits per heavy atom. The van der Waals surface area contributed by atoms with Crippen molar-refractivity contribution in [3.63, 3.8) is 0 Å². The largest absolute Gasteiger partial charge is 0.497 e. The zero-order valence-corrected chi connectivity index (χ0v) is 14.7. The zero-order valence-electron chi connectivity index (χ0n) is 14.7. The molecule has 0 aliphatic rings. The summed E-state index contributed by atoms with van der Waals surface area (Å²) in [5, 5.41) is 6.59. The number of amides is 2. The number of hydrogen-bond acceptors (Lipinski definition) is 5. The Balaban J connectivity index is 1.73. The van der Waals surface area contributed by atoms with E-state index < -0.39 is 0 Å². The summed E-state index contributed by atoms with van der Waals surface area (Å²) in [6, 6.07) is 14.2. The maximum atomic E-state index is 11.9. The maximum Gasteiger partial charge on any atom is 0.240 e. The van der Waals surface area contributed by atoms with Gasteiger partial charge in [-0.15, -0.1) is 0 Å². The second kappa shape index (κ2) is 9.83. The molecule has 2 aromatic rings. The average molecular weight is 355 g/mol. The van der Waals surface area contributed by atoms with Crippen LogP contribution in [0.25, 0.3) is 0 Å². The summed E-state index contributed by atoms with van der Waals surface area (Å²) in [5.41, 5.74) is 3.84. The number of carbonyl (C=O) groups excluding carboxylic acids is 2. The number of anilines is 1. The molecule has 0 atom stereocenters. The first-order chi connectivity index (χ1) is 12.6. The number of carbonyl (C=O) groups is 2. The van der Waals surface area contributed by atoms with Crippen molar-refractivity contribution in [3.8, 4) is 11.5 Å². The predicted molar refractivity (Wildman–Crippen MR) is 99.6 cm³/mol. The lowest BCUT2D eigenvalue weighted by Crippen LogP contribution is -2.20. The molecule has 0 aliphatic heterocycles. The second-order valence-corrected chi connectivity index (χ2v) is 5.35. The standard InChI is InChI=1S/C19H21N3O4/c1-25-16-8-6-15(7-9-16)21-18(23)10-11-19(24)22-20-13-14-4-3-5-17(12-14)26-2/h3-9,12-13H,10-11H2,1-2H3,(H,21,23)(H,22,24). The molecule has 0 saturated heterocycles. The molecule has 2 N–H and O–H groups in total. The normalized spacial score (nSPS) is 10.4. The maximum absolute atomic E-state index is 11.9. The minimum absolute atomic E-state index is 0.0391. The van der Waals surface area contributed by atoms with Crippen molar-refractivity contribution >= 4 is 23.7 Å². The molecular formula is C19H21N3O4. The third-order valence-corrected chi connectivity index (χ3v) is 3.45. The third kappa shape index (κ3) is 6.27. The van der Waals surface area contributed by atoms with E-state index in [1.165, 1.54) is 6.21 Å². The van der Waals surface area contributed by atoms with Crippen LogP contribution in [0.5, 0.6) is 11.5 Å². The molecule has 0 bridgehead atoms. The third-order valence-electron chi connectivity index (χ3n) is 3.45. The molecule has 0 aromatic heterocycles. The van der Waals surface area contributed by atoms with E-state index in [2.05, 4.69) is 15.8 Å². The first-order valence-corrected chi connectivity index (χ1v) is 8.00. The fourth-order valence-corrected chi connectivity index (χ4v) is 2.08. The van der Waals surface area contributed by atoms with E-state index in [1.54, 1.807) is 44.6 Å². The molecule has 0 saturated carbocycles. The van der Waals surface area contributed by atoms with Gasteiger partial charge in [0.25, 0.3) is 0 Å². The Hall–Kier alpha value is -3.35. The van der Waals surface area contributed by atoms with Crippen LogP contribution in [0.15, 0.2) is 53.6 Å². The molecule has 7 nitrogen and oxygen atoms in total. The van der Waals surface area contributed by atoms with Crippen LogP contribution in [-0.4, -0.2) is 32.2 Å². The number of nitrogens with one attached hydrogen (secondary N) is 2. The Kier molecular flexibility index (Phi) is 7.17. The van der Waals surface area contributed by atoms with Crippen LogP contribution in [0.4, 0.5) is 5.69 Å². The van der Waals surface area contributed by atoms with Crippen molar-refractivity contribution in [2.24, 2.45) is 5.10 Å². The summed E-state index contributed by atoms with van der Waals surface area (Å²) in [6.07, 6.45) is 1.61. The van der Waals surface area contributed by atoms with Crippen LogP contribution >= 0.6 is 0 Å². The smallest absolute Gasteiger partial charge is 0.240 e. The van der Waals surface area contributed by atoms with Crippen molar-refractivity contribution in [2.75, 3.05) is 19.5 Å². The van der Waals surface area contributed by atoms with E-state index in [9.17, 15) is 9.59 Å². The molecule has 26 heavy (non-hydrogen) atoms. The first kappa shape index (κ1) is 19.0. The van der Waals surface area contributed by atoms with E-state index in [0.29, 0.717) is 17.2 Å². The first-order valence-electron chi connectivity index (χ1n) is 8.00. The monoisotopic (exact) mass is 355 g/mol. The van der Waals surface area contributed by atoms with Gasteiger partial charge in [0.1, 0.15) is 11.5 Å². The molecule has 0 spiro atoms. The lowest BCUT2D eigenvalue weighted by molar-refractivity contribution is -0.124. The number of hydrogen-bond donors (Lipinski definition) is 2. The van der Waals surface area contributed by atoms with E-state index in [4.69, 9.17) is 9.47 Å². The number of methoxy groups -OCH3 is 2. The number of hydrazone groups is 1. The highest BCUT2D eigenvalue weighted by Gasteiger charge is 2.07. The van der Waals surface area contributed by atoms with Crippen LogP contribution in [0.3, 0.4) is 0 Å². The van der Waals surface area contributed by atoms with E-state index >= 15 is 0 Å². The summed E-state index contributed by atoms with van der Waals surface area (Å²) in [6.45, 7) is 0. The molecular weight excluding hydrogens is 334 g/mol. The minimum Gasteiger partial charge on any atom is -0.497 e. The highest BCUT2D eigenvalue weighted by Crippen LogP contribution is 2.15. The van der Waals surface area contributed by atoms with Gasteiger partial charge in [-0.25, -0.2) is 5.43 Å². The molecule has 2 amide bonds. The second-order valence-electron chi connectivity index (χ2n) is 5.35. The summed E-state index contributed by atoms with van der Waals surface area (Å²) in [5.74, 6) is 0.822. The van der Waals surface area contributed by atoms with Gasteiger partial charge in [-0.1, -0.05) is 12.1 Å². The summed E-state index contributed by atoms with van der Waals surface area (Å²) >= 11 is 0. The van der Waals surface area contributed by atoms with Gasteiger partial charge in [0.15, 0.2) is 0 Å². The highest BCUT2D eigenvalue weighted by atomic mass is 16.5. The highest BCUT2D eigenvalue weighted by molar-refractivity contribution is 5.93. The van der Waals surface area contributed by atoms with Crippen molar-refractivity contribution < 1.29 is 19.1 Å². The molecule has 136 valence electrons. The molecule has 7 heteroatoms. The van der Waals surface area contributed by atoms with Gasteiger partial charge >= 0.3 is 0 Å². The van der Waals surface area contributed by atoms with Crippen LogP contribution in [-0.2, 0) is 9.59 Å². The van der Waals surface area contributed by atoms with E-state index in [1.807, 2.05) is 18.2 Å². The van der Waals surface area contributed by atoms with Crippen LogP contribution in [0.1, 0.15) is 18.4 Å². The molecule has 0 unspecified atom stereocenters. The van der Waals surface area contributed by atoms with Gasteiger partial charge < -0.3 is 14.8 Å². The van der Waals surface area contributed by atoms with Gasteiger partial charge in [0.05, 0.1) is 20.4 Å². The molecule has 0 fully saturated rings. The Labute approximate surface area is 152 Å². The van der Waals surface area contributed by atoms with Gasteiger partial charge in [0.2, 0.25) is 11.8 Å². The lowest BCUT2D eigenvalue weighted by Gasteiger charge is -2.06. The van der Waals surface area contributed by atoms with Crippen LogP contribution in [0.2, 0.25) is 0 Å². The number of benzene rings is 2. The summed E-state index contributed by atoms with van der Waals surface area (Å²) in [7, 11) is 3.15. The molecule has 0 aliphatic carbocycles. The van der Waals surface area contributed by atoms with Crippen LogP contribution < -0.4 is 20.2 Å². The lowest BCUT2D eigenvalue weighted by atomic mass is 10.2. The zero-order chi connectivity index (χ0) is 18.8. The van der Waals surface area contributed by atoms with Crippen molar-refractivity contribution in [1.29, 1.82) is 0 Å². The predicted octanol–water partition coefficient (Wildman–Crippen LogP) is 2.57. The number of nitrogens with zero attached hydrogens (tertiary/aromatic N) is 1.